The van der Waals surface area contributed by atoms with Crippen LogP contribution in [0.25, 0.3) is 0 Å². The molecule has 0 fully saturated rings. The van der Waals surface area contributed by atoms with Crippen LogP contribution in [-0.4, -0.2) is 19.3 Å². The van der Waals surface area contributed by atoms with Gasteiger partial charge in [-0.3, -0.25) is 9.10 Å². The normalized spacial score (nSPS) is 11.3. The summed E-state index contributed by atoms with van der Waals surface area (Å²) in [6, 6.07) is 23.1. The minimum Gasteiger partial charge on any atom is -0.486 e. The van der Waals surface area contributed by atoms with E-state index in [1.807, 2.05) is 50.2 Å². The van der Waals surface area contributed by atoms with Crippen LogP contribution in [0.4, 0.5) is 11.5 Å². The van der Waals surface area contributed by atoms with Gasteiger partial charge in [-0.25, -0.2) is 13.4 Å². The van der Waals surface area contributed by atoms with Crippen LogP contribution >= 0.6 is 0 Å². The summed E-state index contributed by atoms with van der Waals surface area (Å²) in [4.78, 5) is 16.5. The fraction of sp³-hybridized carbons (Fsp3) is 0.200. The number of carbonyl (C=O) groups is 1. The second-order valence-corrected chi connectivity index (χ2v) is 11.3. The topological polar surface area (TPSA) is 129 Å². The van der Waals surface area contributed by atoms with E-state index < -0.39 is 15.9 Å². The maximum atomic E-state index is 14.2. The zero-order valence-electron chi connectivity index (χ0n) is 22.2. The molecule has 0 unspecified atom stereocenters. The Hall–Kier alpha value is -4.37. The Bertz CT molecular complexity index is 1610. The number of sulfonamides is 1. The third-order valence-electron chi connectivity index (χ3n) is 6.43. The molecule has 0 aliphatic carbocycles. The molecule has 0 saturated carbocycles. The summed E-state index contributed by atoms with van der Waals surface area (Å²) in [6.45, 7) is 5.59. The van der Waals surface area contributed by atoms with E-state index in [9.17, 15) is 13.2 Å². The van der Waals surface area contributed by atoms with Gasteiger partial charge in [0.1, 0.15) is 18.2 Å². The molecule has 4 rings (SSSR count). The number of nitrogens with zero attached hydrogens (tertiary/aromatic N) is 2. The SMILES string of the molecule is Cc1cccc(S(=O)(=O)N(Cc2ccc(N)nc2C)c2ccc(C)c(CC(N)=O)c2OCc2ccccc2)c1. The lowest BCUT2D eigenvalue weighted by Gasteiger charge is -2.29. The second kappa shape index (κ2) is 11.6. The number of benzene rings is 3. The number of aromatic nitrogens is 1. The number of carbonyl (C=O) groups excluding carboxylic acids is 1. The summed E-state index contributed by atoms with van der Waals surface area (Å²) in [5.41, 5.74) is 16.0. The van der Waals surface area contributed by atoms with E-state index in [0.29, 0.717) is 28.3 Å². The first-order chi connectivity index (χ1) is 18.6. The molecular weight excluding hydrogens is 512 g/mol. The van der Waals surface area contributed by atoms with Gasteiger partial charge in [-0.1, -0.05) is 54.6 Å². The molecule has 39 heavy (non-hydrogen) atoms. The molecule has 4 aromatic rings. The largest absolute Gasteiger partial charge is 0.486 e. The van der Waals surface area contributed by atoms with Crippen molar-refractivity contribution in [1.82, 2.24) is 4.98 Å². The zero-order valence-corrected chi connectivity index (χ0v) is 23.0. The Morgan fingerprint density at radius 2 is 1.69 bits per heavy atom. The lowest BCUT2D eigenvalue weighted by molar-refractivity contribution is -0.117. The van der Waals surface area contributed by atoms with Gasteiger partial charge < -0.3 is 16.2 Å². The Morgan fingerprint density at radius 1 is 0.949 bits per heavy atom. The van der Waals surface area contributed by atoms with Crippen molar-refractivity contribution in [3.63, 3.8) is 0 Å². The summed E-state index contributed by atoms with van der Waals surface area (Å²) in [6.07, 6.45) is -0.107. The average Bonchev–Trinajstić information content (AvgIpc) is 2.89. The Morgan fingerprint density at radius 3 is 2.36 bits per heavy atom. The molecule has 0 bridgehead atoms. The van der Waals surface area contributed by atoms with Crippen LogP contribution in [-0.2, 0) is 34.4 Å². The van der Waals surface area contributed by atoms with Crippen molar-refractivity contribution in [2.45, 2.75) is 45.2 Å². The number of primary amides is 1. The summed E-state index contributed by atoms with van der Waals surface area (Å²) >= 11 is 0. The average molecular weight is 545 g/mol. The van der Waals surface area contributed by atoms with Crippen molar-refractivity contribution in [3.8, 4) is 5.75 Å². The van der Waals surface area contributed by atoms with Crippen LogP contribution in [0.2, 0.25) is 0 Å². The highest BCUT2D eigenvalue weighted by Crippen LogP contribution is 2.39. The standard InChI is InChI=1S/C30H32N4O4S/c1-20-8-7-11-25(16-20)39(36,37)34(18-24-13-15-28(31)33-22(24)3)27-14-12-21(2)26(17-29(32)35)30(27)38-19-23-9-5-4-6-10-23/h4-16H,17-19H2,1-3H3,(H2,31,33)(H2,32,35). The van der Waals surface area contributed by atoms with E-state index in [4.69, 9.17) is 16.2 Å². The van der Waals surface area contributed by atoms with Gasteiger partial charge in [0.2, 0.25) is 5.91 Å². The third kappa shape index (κ3) is 6.38. The molecule has 0 aliphatic rings. The van der Waals surface area contributed by atoms with Crippen LogP contribution in [0, 0.1) is 20.8 Å². The number of amides is 1. The van der Waals surface area contributed by atoms with Crippen molar-refractivity contribution in [2.75, 3.05) is 10.0 Å². The number of nitrogens with two attached hydrogens (primary N) is 2. The van der Waals surface area contributed by atoms with Gasteiger partial charge in [-0.2, -0.15) is 0 Å². The number of rotatable bonds is 10. The first kappa shape index (κ1) is 27.7. The van der Waals surface area contributed by atoms with E-state index in [-0.39, 0.29) is 30.2 Å². The number of anilines is 2. The predicted octanol–water partition coefficient (Wildman–Crippen LogP) is 4.59. The van der Waals surface area contributed by atoms with E-state index in [1.165, 1.54) is 4.31 Å². The van der Waals surface area contributed by atoms with Crippen LogP contribution in [0.5, 0.6) is 5.75 Å². The fourth-order valence-electron chi connectivity index (χ4n) is 4.33. The molecule has 0 spiro atoms. The zero-order chi connectivity index (χ0) is 28.2. The molecule has 0 aliphatic heterocycles. The van der Waals surface area contributed by atoms with Crippen molar-refractivity contribution in [3.05, 3.63) is 112 Å². The number of hydrogen-bond donors (Lipinski definition) is 2. The molecule has 9 heteroatoms. The Kier molecular flexibility index (Phi) is 8.21. The van der Waals surface area contributed by atoms with Crippen LogP contribution in [0.1, 0.15) is 33.5 Å². The van der Waals surface area contributed by atoms with E-state index >= 15 is 0 Å². The van der Waals surface area contributed by atoms with Gasteiger partial charge in [0.05, 0.1) is 23.5 Å². The predicted molar refractivity (Wildman–Crippen MR) is 153 cm³/mol. The molecule has 0 atom stereocenters. The molecule has 4 N–H and O–H groups in total. The fourth-order valence-corrected chi connectivity index (χ4v) is 5.88. The highest BCUT2D eigenvalue weighted by molar-refractivity contribution is 7.92. The van der Waals surface area contributed by atoms with E-state index in [0.717, 1.165) is 16.7 Å². The van der Waals surface area contributed by atoms with Crippen LogP contribution in [0.15, 0.2) is 83.8 Å². The van der Waals surface area contributed by atoms with Gasteiger partial charge in [-0.05, 0) is 67.3 Å². The van der Waals surface area contributed by atoms with Crippen molar-refractivity contribution < 1.29 is 17.9 Å². The van der Waals surface area contributed by atoms with Gasteiger partial charge in [-0.15, -0.1) is 0 Å². The summed E-state index contributed by atoms with van der Waals surface area (Å²) in [7, 11) is -4.09. The number of pyridine rings is 1. The molecule has 3 aromatic carbocycles. The Labute approximate surface area is 229 Å². The van der Waals surface area contributed by atoms with Crippen molar-refractivity contribution >= 4 is 27.4 Å². The minimum atomic E-state index is -4.09. The summed E-state index contributed by atoms with van der Waals surface area (Å²) in [5.74, 6) is 0.0803. The highest BCUT2D eigenvalue weighted by atomic mass is 32.2. The monoisotopic (exact) mass is 544 g/mol. The molecular formula is C30H32N4O4S. The maximum Gasteiger partial charge on any atom is 0.264 e. The molecule has 0 saturated heterocycles. The van der Waals surface area contributed by atoms with Gasteiger partial charge in [0, 0.05) is 11.3 Å². The number of ether oxygens (including phenoxy) is 1. The smallest absolute Gasteiger partial charge is 0.264 e. The quantitative estimate of drug-likeness (QED) is 0.300. The lowest BCUT2D eigenvalue weighted by Crippen LogP contribution is -2.32. The number of aryl methyl sites for hydroxylation is 3. The third-order valence-corrected chi connectivity index (χ3v) is 8.18. The van der Waals surface area contributed by atoms with Gasteiger partial charge >= 0.3 is 0 Å². The first-order valence-electron chi connectivity index (χ1n) is 12.4. The maximum absolute atomic E-state index is 14.2. The molecule has 8 nitrogen and oxygen atoms in total. The molecule has 1 amide bonds. The van der Waals surface area contributed by atoms with E-state index in [2.05, 4.69) is 4.98 Å². The second-order valence-electron chi connectivity index (χ2n) is 9.44. The molecule has 0 radical (unpaired) electrons. The van der Waals surface area contributed by atoms with Gasteiger partial charge in [0.15, 0.2) is 0 Å². The number of nitrogen functional groups attached to an aromatic ring is 1. The van der Waals surface area contributed by atoms with Crippen LogP contribution < -0.4 is 20.5 Å². The number of hydrogen-bond acceptors (Lipinski definition) is 6. The molecule has 1 heterocycles. The highest BCUT2D eigenvalue weighted by Gasteiger charge is 2.30. The molecule has 1 aromatic heterocycles. The van der Waals surface area contributed by atoms with Crippen molar-refractivity contribution in [2.24, 2.45) is 5.73 Å². The van der Waals surface area contributed by atoms with E-state index in [1.54, 1.807) is 49.4 Å². The Balaban J connectivity index is 1.92. The van der Waals surface area contributed by atoms with Crippen molar-refractivity contribution in [1.29, 1.82) is 0 Å². The first-order valence-corrected chi connectivity index (χ1v) is 13.9. The summed E-state index contributed by atoms with van der Waals surface area (Å²) < 4.78 is 36.1. The van der Waals surface area contributed by atoms with Crippen LogP contribution in [0.3, 0.4) is 0 Å². The lowest BCUT2D eigenvalue weighted by atomic mass is 10.0. The van der Waals surface area contributed by atoms with Gasteiger partial charge in [0.25, 0.3) is 10.0 Å². The minimum absolute atomic E-state index is 0.0316. The summed E-state index contributed by atoms with van der Waals surface area (Å²) in [5, 5.41) is 0. The molecule has 202 valence electrons.